The summed E-state index contributed by atoms with van der Waals surface area (Å²) in [6.07, 6.45) is 1.65. The topological polar surface area (TPSA) is 102 Å². The van der Waals surface area contributed by atoms with Gasteiger partial charge in [0.05, 0.1) is 0 Å². The van der Waals surface area contributed by atoms with Crippen LogP contribution in [0.5, 0.6) is 0 Å². The van der Waals surface area contributed by atoms with Crippen LogP contribution >= 0.6 is 11.6 Å². The molecule has 1 aromatic carbocycles. The number of hydrogen-bond donors (Lipinski definition) is 1. The van der Waals surface area contributed by atoms with Crippen molar-refractivity contribution in [1.29, 1.82) is 0 Å². The molecule has 2 rings (SSSR count). The highest BCUT2D eigenvalue weighted by atomic mass is 35.5. The summed E-state index contributed by atoms with van der Waals surface area (Å²) in [4.78, 5) is 52.2. The van der Waals surface area contributed by atoms with Crippen molar-refractivity contribution in [1.82, 2.24) is 10.2 Å². The number of nitrogens with one attached hydrogen (secondary N) is 1. The molecule has 1 fully saturated rings. The number of ether oxygens (including phenoxy) is 2. The first-order valence-corrected chi connectivity index (χ1v) is 12.3. The molecule has 1 aliphatic rings. The first kappa shape index (κ1) is 28.6. The minimum Gasteiger partial charge on any atom is -0.426 e. The highest BCUT2D eigenvalue weighted by molar-refractivity contribution is 6.31. The van der Waals surface area contributed by atoms with Gasteiger partial charge < -0.3 is 14.8 Å². The van der Waals surface area contributed by atoms with Crippen LogP contribution in [0.4, 0.5) is 4.79 Å². The van der Waals surface area contributed by atoms with Crippen LogP contribution in [0.3, 0.4) is 0 Å². The van der Waals surface area contributed by atoms with Crippen molar-refractivity contribution < 1.29 is 28.7 Å². The summed E-state index contributed by atoms with van der Waals surface area (Å²) < 4.78 is 10.4. The SMILES string of the molecule is CC(C)[C@H](NC(=O)CC(C)(C)C)C(=O)OCOC(=O)N(C)[C@]1(c2ccccc2Cl)CCCCC1=O. The summed E-state index contributed by atoms with van der Waals surface area (Å²) >= 11 is 6.42. The van der Waals surface area contributed by atoms with Crippen LogP contribution in [0.25, 0.3) is 0 Å². The van der Waals surface area contributed by atoms with Gasteiger partial charge in [-0.1, -0.05) is 64.4 Å². The van der Waals surface area contributed by atoms with Crippen molar-refractivity contribution in [3.8, 4) is 0 Å². The van der Waals surface area contributed by atoms with Gasteiger partial charge in [0.25, 0.3) is 0 Å². The number of benzene rings is 1. The van der Waals surface area contributed by atoms with Crippen molar-refractivity contribution >= 4 is 35.4 Å². The Kier molecular flexibility index (Phi) is 9.72. The first-order chi connectivity index (χ1) is 16.3. The van der Waals surface area contributed by atoms with Gasteiger partial charge in [-0.05, 0) is 36.7 Å². The monoisotopic (exact) mass is 508 g/mol. The lowest BCUT2D eigenvalue weighted by molar-refractivity contribution is -0.158. The van der Waals surface area contributed by atoms with E-state index >= 15 is 0 Å². The molecule has 0 aromatic heterocycles. The molecule has 194 valence electrons. The summed E-state index contributed by atoms with van der Waals surface area (Å²) in [5, 5.41) is 3.09. The molecule has 9 heteroatoms. The quantitative estimate of drug-likeness (QED) is 0.399. The fourth-order valence-corrected chi connectivity index (χ4v) is 4.61. The summed E-state index contributed by atoms with van der Waals surface area (Å²) in [5.41, 5.74) is -0.938. The molecular formula is C26H37ClN2O6. The normalized spacial score (nSPS) is 19.1. The number of esters is 1. The second kappa shape index (κ2) is 11.9. The number of hydrogen-bond acceptors (Lipinski definition) is 6. The highest BCUT2D eigenvalue weighted by Crippen LogP contribution is 2.42. The molecule has 0 heterocycles. The van der Waals surface area contributed by atoms with Gasteiger partial charge in [-0.3, -0.25) is 14.5 Å². The van der Waals surface area contributed by atoms with Crippen molar-refractivity contribution in [3.05, 3.63) is 34.9 Å². The number of Topliss-reactive ketones (excluding diaryl/α,β-unsaturated/α-hetero) is 1. The van der Waals surface area contributed by atoms with Crippen LogP contribution in [0, 0.1) is 11.3 Å². The Labute approximate surface area is 212 Å². The second-order valence-corrected chi connectivity index (χ2v) is 11.0. The van der Waals surface area contributed by atoms with Crippen LogP contribution in [-0.2, 0) is 29.4 Å². The molecule has 1 N–H and O–H groups in total. The maximum absolute atomic E-state index is 13.1. The Morgan fingerprint density at radius 2 is 1.80 bits per heavy atom. The molecule has 2 atom stereocenters. The van der Waals surface area contributed by atoms with Crippen LogP contribution in [0.15, 0.2) is 24.3 Å². The number of halogens is 1. The van der Waals surface area contributed by atoms with Gasteiger partial charge >= 0.3 is 12.1 Å². The minimum absolute atomic E-state index is 0.116. The summed E-state index contributed by atoms with van der Waals surface area (Å²) in [6, 6.07) is 6.07. The average molecular weight is 509 g/mol. The van der Waals surface area contributed by atoms with Crippen molar-refractivity contribution in [2.24, 2.45) is 11.3 Å². The van der Waals surface area contributed by atoms with E-state index in [1.165, 1.54) is 11.9 Å². The third-order valence-electron chi connectivity index (χ3n) is 6.13. The maximum Gasteiger partial charge on any atom is 0.413 e. The molecule has 8 nitrogen and oxygen atoms in total. The Hall–Kier alpha value is -2.61. The Balaban J connectivity index is 2.07. The Morgan fingerprint density at radius 1 is 1.14 bits per heavy atom. The van der Waals surface area contributed by atoms with E-state index < -0.39 is 30.4 Å². The number of carbonyl (C=O) groups is 4. The van der Waals surface area contributed by atoms with Crippen LogP contribution in [-0.4, -0.2) is 48.5 Å². The van der Waals surface area contributed by atoms with Crippen LogP contribution in [0.1, 0.15) is 72.3 Å². The second-order valence-electron chi connectivity index (χ2n) is 10.5. The van der Waals surface area contributed by atoms with E-state index in [0.717, 1.165) is 12.8 Å². The predicted octanol–water partition coefficient (Wildman–Crippen LogP) is 4.82. The number of amides is 2. The third-order valence-corrected chi connectivity index (χ3v) is 6.46. The molecule has 0 spiro atoms. The van der Waals surface area contributed by atoms with E-state index in [1.807, 2.05) is 20.8 Å². The first-order valence-electron chi connectivity index (χ1n) is 11.9. The zero-order valence-electron chi connectivity index (χ0n) is 21.5. The van der Waals surface area contributed by atoms with Gasteiger partial charge in [0.15, 0.2) is 5.78 Å². The molecule has 1 aliphatic carbocycles. The molecule has 2 amide bonds. The molecule has 0 saturated heterocycles. The molecule has 0 radical (unpaired) electrons. The molecular weight excluding hydrogens is 472 g/mol. The van der Waals surface area contributed by atoms with Gasteiger partial charge in [0, 0.05) is 30.5 Å². The molecule has 0 unspecified atom stereocenters. The van der Waals surface area contributed by atoms with Crippen molar-refractivity contribution in [2.75, 3.05) is 13.8 Å². The van der Waals surface area contributed by atoms with Gasteiger partial charge in [0.2, 0.25) is 12.7 Å². The zero-order chi connectivity index (χ0) is 26.4. The molecule has 1 saturated carbocycles. The molecule has 0 aliphatic heterocycles. The zero-order valence-corrected chi connectivity index (χ0v) is 22.2. The van der Waals surface area contributed by atoms with E-state index in [9.17, 15) is 19.2 Å². The van der Waals surface area contributed by atoms with Crippen LogP contribution in [0.2, 0.25) is 5.02 Å². The molecule has 35 heavy (non-hydrogen) atoms. The largest absolute Gasteiger partial charge is 0.426 e. The van der Waals surface area contributed by atoms with E-state index in [4.69, 9.17) is 21.1 Å². The van der Waals surface area contributed by atoms with E-state index in [-0.39, 0.29) is 29.4 Å². The Morgan fingerprint density at radius 3 is 2.37 bits per heavy atom. The summed E-state index contributed by atoms with van der Waals surface area (Å²) in [6.45, 7) is 8.70. The summed E-state index contributed by atoms with van der Waals surface area (Å²) in [7, 11) is 1.49. The highest BCUT2D eigenvalue weighted by Gasteiger charge is 2.48. The summed E-state index contributed by atoms with van der Waals surface area (Å²) in [5.74, 6) is -1.31. The predicted molar refractivity (Wildman–Crippen MR) is 133 cm³/mol. The number of rotatable bonds is 8. The van der Waals surface area contributed by atoms with E-state index in [1.54, 1.807) is 38.1 Å². The number of likely N-dealkylation sites (N-methyl/N-ethyl adjacent to an activating group) is 1. The fraction of sp³-hybridized carbons (Fsp3) is 0.615. The lowest BCUT2D eigenvalue weighted by Crippen LogP contribution is -2.54. The minimum atomic E-state index is -1.25. The molecule has 0 bridgehead atoms. The standard InChI is InChI=1S/C26H37ClN2O6/c1-17(2)22(28-21(31)15-25(3,4)5)23(32)34-16-35-24(33)29(6)26(14-10-9-13-20(26)30)18-11-7-8-12-19(18)27/h7-8,11-12,17,22H,9-10,13-16H2,1-6H3,(H,28,31)/t22-,26-/m0/s1. The number of carbonyl (C=O) groups excluding carboxylic acids is 4. The van der Waals surface area contributed by atoms with Gasteiger partial charge in [-0.15, -0.1) is 0 Å². The van der Waals surface area contributed by atoms with Gasteiger partial charge in [-0.25, -0.2) is 9.59 Å². The Bertz CT molecular complexity index is 942. The maximum atomic E-state index is 13.1. The van der Waals surface area contributed by atoms with Gasteiger partial charge in [0.1, 0.15) is 11.6 Å². The molecule has 1 aromatic rings. The smallest absolute Gasteiger partial charge is 0.413 e. The third kappa shape index (κ3) is 7.19. The van der Waals surface area contributed by atoms with Crippen LogP contribution < -0.4 is 5.32 Å². The van der Waals surface area contributed by atoms with Gasteiger partial charge in [-0.2, -0.15) is 0 Å². The average Bonchev–Trinajstić information content (AvgIpc) is 2.76. The number of ketones is 1. The lowest BCUT2D eigenvalue weighted by Gasteiger charge is -2.43. The van der Waals surface area contributed by atoms with Crippen molar-refractivity contribution in [2.45, 2.75) is 78.3 Å². The number of nitrogens with zero attached hydrogens (tertiary/aromatic N) is 1. The van der Waals surface area contributed by atoms with E-state index in [2.05, 4.69) is 5.32 Å². The van der Waals surface area contributed by atoms with Crippen molar-refractivity contribution in [3.63, 3.8) is 0 Å². The lowest BCUT2D eigenvalue weighted by atomic mass is 9.74. The fourth-order valence-electron chi connectivity index (χ4n) is 4.31. The van der Waals surface area contributed by atoms with E-state index in [0.29, 0.717) is 23.4 Å².